The number of rotatable bonds is 4. The number of halogens is 3. The van der Waals surface area contributed by atoms with Crippen molar-refractivity contribution in [2.75, 3.05) is 31.1 Å². The lowest BCUT2D eigenvalue weighted by Gasteiger charge is -2.34. The molecule has 6 nitrogen and oxygen atoms in total. The van der Waals surface area contributed by atoms with Gasteiger partial charge in [0.25, 0.3) is 0 Å². The van der Waals surface area contributed by atoms with E-state index in [1.165, 1.54) is 0 Å². The lowest BCUT2D eigenvalue weighted by molar-refractivity contribution is -0.141. The van der Waals surface area contributed by atoms with Gasteiger partial charge in [0.05, 0.1) is 6.54 Å². The summed E-state index contributed by atoms with van der Waals surface area (Å²) in [7, 11) is 0. The van der Waals surface area contributed by atoms with Gasteiger partial charge in [0.2, 0.25) is 5.95 Å². The molecule has 1 fully saturated rings. The van der Waals surface area contributed by atoms with Gasteiger partial charge in [0.15, 0.2) is 0 Å². The molecule has 2 aromatic heterocycles. The van der Waals surface area contributed by atoms with E-state index in [1.54, 1.807) is 12.4 Å². The van der Waals surface area contributed by atoms with Gasteiger partial charge in [-0.2, -0.15) is 13.2 Å². The zero-order chi connectivity index (χ0) is 18.0. The van der Waals surface area contributed by atoms with E-state index in [-0.39, 0.29) is 11.9 Å². The van der Waals surface area contributed by atoms with Gasteiger partial charge >= 0.3 is 6.18 Å². The monoisotopic (exact) mass is 354 g/mol. The number of piperazine rings is 1. The number of alkyl halides is 3. The van der Waals surface area contributed by atoms with Crippen LogP contribution in [0.15, 0.2) is 18.5 Å². The van der Waals surface area contributed by atoms with Crippen LogP contribution in [0, 0.1) is 0 Å². The van der Waals surface area contributed by atoms with Crippen molar-refractivity contribution in [3.05, 3.63) is 35.7 Å². The van der Waals surface area contributed by atoms with Crippen molar-refractivity contribution >= 4 is 5.95 Å². The molecule has 0 amide bonds. The molecule has 0 aromatic carbocycles. The second-order valence-electron chi connectivity index (χ2n) is 6.43. The third-order valence-electron chi connectivity index (χ3n) is 4.20. The molecule has 0 bridgehead atoms. The SMILES string of the molecule is CC(C)c1cc(C(F)(F)F)nc(N2CCN(Cc3ncc[nH]3)CC2)n1. The fourth-order valence-corrected chi connectivity index (χ4v) is 2.74. The van der Waals surface area contributed by atoms with E-state index in [4.69, 9.17) is 0 Å². The zero-order valence-corrected chi connectivity index (χ0v) is 14.2. The number of hydrogen-bond donors (Lipinski definition) is 1. The first-order chi connectivity index (χ1) is 11.8. The van der Waals surface area contributed by atoms with Gasteiger partial charge in [0.1, 0.15) is 11.5 Å². The van der Waals surface area contributed by atoms with Gasteiger partial charge < -0.3 is 9.88 Å². The summed E-state index contributed by atoms with van der Waals surface area (Å²) in [6.45, 7) is 6.95. The fourth-order valence-electron chi connectivity index (χ4n) is 2.74. The normalized spacial score (nSPS) is 16.6. The molecule has 9 heteroatoms. The molecule has 0 unspecified atom stereocenters. The van der Waals surface area contributed by atoms with Crippen molar-refractivity contribution in [2.45, 2.75) is 32.5 Å². The average Bonchev–Trinajstić information content (AvgIpc) is 3.07. The van der Waals surface area contributed by atoms with Gasteiger partial charge in [0, 0.05) is 44.3 Å². The van der Waals surface area contributed by atoms with Crippen LogP contribution in [-0.2, 0) is 12.7 Å². The van der Waals surface area contributed by atoms with Gasteiger partial charge in [-0.1, -0.05) is 13.8 Å². The molecule has 1 aliphatic heterocycles. The highest BCUT2D eigenvalue weighted by Gasteiger charge is 2.34. The Balaban J connectivity index is 1.73. The summed E-state index contributed by atoms with van der Waals surface area (Å²) >= 11 is 0. The summed E-state index contributed by atoms with van der Waals surface area (Å²) in [5, 5.41) is 0. The largest absolute Gasteiger partial charge is 0.433 e. The fraction of sp³-hybridized carbons (Fsp3) is 0.562. The molecule has 2 aromatic rings. The highest BCUT2D eigenvalue weighted by molar-refractivity contribution is 5.35. The number of aromatic nitrogens is 4. The van der Waals surface area contributed by atoms with E-state index in [2.05, 4.69) is 24.8 Å². The molecular weight excluding hydrogens is 333 g/mol. The maximum absolute atomic E-state index is 13.1. The second-order valence-corrected chi connectivity index (χ2v) is 6.43. The van der Waals surface area contributed by atoms with Crippen molar-refractivity contribution in [3.8, 4) is 0 Å². The lowest BCUT2D eigenvalue weighted by Crippen LogP contribution is -2.46. The summed E-state index contributed by atoms with van der Waals surface area (Å²) < 4.78 is 39.4. The Morgan fingerprint density at radius 1 is 1.16 bits per heavy atom. The highest BCUT2D eigenvalue weighted by atomic mass is 19.4. The maximum Gasteiger partial charge on any atom is 0.433 e. The van der Waals surface area contributed by atoms with Crippen LogP contribution >= 0.6 is 0 Å². The van der Waals surface area contributed by atoms with Crippen molar-refractivity contribution in [3.63, 3.8) is 0 Å². The van der Waals surface area contributed by atoms with Crippen LogP contribution in [0.2, 0.25) is 0 Å². The van der Waals surface area contributed by atoms with Crippen LogP contribution in [0.5, 0.6) is 0 Å². The third-order valence-corrected chi connectivity index (χ3v) is 4.20. The first-order valence-corrected chi connectivity index (χ1v) is 8.24. The summed E-state index contributed by atoms with van der Waals surface area (Å²) in [5.74, 6) is 0.949. The predicted octanol–water partition coefficient (Wildman–Crippen LogP) is 2.66. The van der Waals surface area contributed by atoms with E-state index in [0.29, 0.717) is 25.3 Å². The van der Waals surface area contributed by atoms with Crippen molar-refractivity contribution < 1.29 is 13.2 Å². The number of aromatic amines is 1. The van der Waals surface area contributed by atoms with Gasteiger partial charge in [-0.15, -0.1) is 0 Å². The number of nitrogens with one attached hydrogen (secondary N) is 1. The molecular formula is C16H21F3N6. The molecule has 25 heavy (non-hydrogen) atoms. The summed E-state index contributed by atoms with van der Waals surface area (Å²) in [6, 6.07) is 1.04. The molecule has 0 atom stereocenters. The Bertz CT molecular complexity index is 690. The topological polar surface area (TPSA) is 60.9 Å². The average molecular weight is 354 g/mol. The highest BCUT2D eigenvalue weighted by Crippen LogP contribution is 2.30. The quantitative estimate of drug-likeness (QED) is 0.915. The number of anilines is 1. The van der Waals surface area contributed by atoms with E-state index in [9.17, 15) is 13.2 Å². The summed E-state index contributed by atoms with van der Waals surface area (Å²) in [4.78, 5) is 19.4. The van der Waals surface area contributed by atoms with E-state index in [1.807, 2.05) is 18.7 Å². The molecule has 0 saturated carbocycles. The van der Waals surface area contributed by atoms with Gasteiger partial charge in [-0.3, -0.25) is 4.90 Å². The van der Waals surface area contributed by atoms with Crippen LogP contribution in [0.25, 0.3) is 0 Å². The second kappa shape index (κ2) is 6.99. The minimum atomic E-state index is -4.47. The van der Waals surface area contributed by atoms with Crippen LogP contribution in [0.3, 0.4) is 0 Å². The molecule has 1 saturated heterocycles. The van der Waals surface area contributed by atoms with E-state index < -0.39 is 11.9 Å². The third kappa shape index (κ3) is 4.28. The Morgan fingerprint density at radius 2 is 1.88 bits per heavy atom. The minimum Gasteiger partial charge on any atom is -0.348 e. The maximum atomic E-state index is 13.1. The van der Waals surface area contributed by atoms with Gasteiger partial charge in [-0.05, 0) is 12.0 Å². The van der Waals surface area contributed by atoms with Gasteiger partial charge in [-0.25, -0.2) is 15.0 Å². The molecule has 0 aliphatic carbocycles. The molecule has 0 radical (unpaired) electrons. The predicted molar refractivity (Wildman–Crippen MR) is 87.2 cm³/mol. The van der Waals surface area contributed by atoms with Crippen molar-refractivity contribution in [2.24, 2.45) is 0 Å². The lowest BCUT2D eigenvalue weighted by atomic mass is 10.1. The molecule has 1 N–H and O–H groups in total. The van der Waals surface area contributed by atoms with Crippen LogP contribution < -0.4 is 4.90 Å². The summed E-state index contributed by atoms with van der Waals surface area (Å²) in [5.41, 5.74) is -0.463. The molecule has 136 valence electrons. The smallest absolute Gasteiger partial charge is 0.348 e. The minimum absolute atomic E-state index is 0.0944. The Hall–Kier alpha value is -2.16. The van der Waals surface area contributed by atoms with E-state index in [0.717, 1.165) is 25.0 Å². The Labute approximate surface area is 144 Å². The van der Waals surface area contributed by atoms with Crippen LogP contribution in [-0.4, -0.2) is 51.0 Å². The van der Waals surface area contributed by atoms with Crippen LogP contribution in [0.4, 0.5) is 19.1 Å². The number of hydrogen-bond acceptors (Lipinski definition) is 5. The standard InChI is InChI=1S/C16H21F3N6/c1-11(2)12-9-13(16(17,18)19)23-15(22-12)25-7-5-24(6-8-25)10-14-20-3-4-21-14/h3-4,9,11H,5-8,10H2,1-2H3,(H,20,21). The number of imidazole rings is 1. The van der Waals surface area contributed by atoms with Crippen molar-refractivity contribution in [1.82, 2.24) is 24.8 Å². The Morgan fingerprint density at radius 3 is 2.44 bits per heavy atom. The van der Waals surface area contributed by atoms with Crippen LogP contribution in [0.1, 0.15) is 37.0 Å². The Kier molecular flexibility index (Phi) is 4.94. The molecule has 3 heterocycles. The zero-order valence-electron chi connectivity index (χ0n) is 14.2. The summed E-state index contributed by atoms with van der Waals surface area (Å²) in [6.07, 6.45) is -0.993. The first-order valence-electron chi connectivity index (χ1n) is 8.24. The van der Waals surface area contributed by atoms with Crippen molar-refractivity contribution in [1.29, 1.82) is 0 Å². The molecule has 3 rings (SSSR count). The molecule has 1 aliphatic rings. The number of nitrogens with zero attached hydrogens (tertiary/aromatic N) is 5. The first kappa shape index (κ1) is 17.7. The van der Waals surface area contributed by atoms with E-state index >= 15 is 0 Å². The number of H-pyrrole nitrogens is 1. The molecule has 0 spiro atoms.